The maximum Gasteiger partial charge on any atom is 0.315 e. The van der Waals surface area contributed by atoms with Crippen LogP contribution in [-0.4, -0.2) is 25.8 Å². The number of hydrogen-bond acceptors (Lipinski definition) is 3. The normalized spacial score (nSPS) is 15.8. The van der Waals surface area contributed by atoms with Crippen LogP contribution >= 0.6 is 11.6 Å². The summed E-state index contributed by atoms with van der Waals surface area (Å²) >= 11 is 5.84. The Bertz CT molecular complexity index is 719. The number of halogens is 1. The number of carbonyl (C=O) groups is 1. The topological polar surface area (TPSA) is 59.6 Å². The van der Waals surface area contributed by atoms with Crippen LogP contribution in [0.15, 0.2) is 42.5 Å². The van der Waals surface area contributed by atoms with Crippen molar-refractivity contribution >= 4 is 17.6 Å². The zero-order chi connectivity index (χ0) is 16.9. The molecule has 5 nitrogen and oxygen atoms in total. The highest BCUT2D eigenvalue weighted by Crippen LogP contribution is 2.28. The molecule has 0 saturated carbocycles. The summed E-state index contributed by atoms with van der Waals surface area (Å²) in [5.74, 6) is 1.63. The number of amides is 2. The van der Waals surface area contributed by atoms with Crippen molar-refractivity contribution in [1.82, 2.24) is 10.6 Å². The van der Waals surface area contributed by atoms with Crippen molar-refractivity contribution in [3.05, 3.63) is 58.6 Å². The van der Waals surface area contributed by atoms with Crippen molar-refractivity contribution in [3.8, 4) is 11.5 Å². The second-order valence-corrected chi connectivity index (χ2v) is 6.08. The summed E-state index contributed by atoms with van der Waals surface area (Å²) in [5.41, 5.74) is 2.02. The maximum atomic E-state index is 12.1. The van der Waals surface area contributed by atoms with Crippen LogP contribution in [0.25, 0.3) is 0 Å². The molecule has 2 N–H and O–H groups in total. The van der Waals surface area contributed by atoms with Gasteiger partial charge in [-0.3, -0.25) is 0 Å². The first-order valence-electron chi connectivity index (χ1n) is 7.72. The third-order valence-corrected chi connectivity index (χ3v) is 4.13. The van der Waals surface area contributed by atoms with E-state index in [0.29, 0.717) is 24.6 Å². The number of urea groups is 1. The highest BCUT2D eigenvalue weighted by atomic mass is 35.5. The van der Waals surface area contributed by atoms with Gasteiger partial charge in [0.2, 0.25) is 0 Å². The Morgan fingerprint density at radius 3 is 2.83 bits per heavy atom. The van der Waals surface area contributed by atoms with Crippen LogP contribution in [0.5, 0.6) is 11.5 Å². The third kappa shape index (κ3) is 4.11. The van der Waals surface area contributed by atoms with Gasteiger partial charge in [-0.15, -0.1) is 0 Å². The molecule has 2 aromatic rings. The molecule has 24 heavy (non-hydrogen) atoms. The molecular weight excluding hydrogens is 328 g/mol. The minimum atomic E-state index is -0.218. The van der Waals surface area contributed by atoms with E-state index in [1.54, 1.807) is 19.2 Å². The van der Waals surface area contributed by atoms with E-state index >= 15 is 0 Å². The van der Waals surface area contributed by atoms with Crippen LogP contribution in [0.1, 0.15) is 11.1 Å². The van der Waals surface area contributed by atoms with E-state index in [1.807, 2.05) is 30.3 Å². The number of nitrogens with one attached hydrogen (secondary N) is 2. The van der Waals surface area contributed by atoms with E-state index in [0.717, 1.165) is 22.6 Å². The lowest BCUT2D eigenvalue weighted by atomic mass is 10.0. The fourth-order valence-electron chi connectivity index (χ4n) is 2.61. The first-order chi connectivity index (χ1) is 11.6. The Kier molecular flexibility index (Phi) is 5.11. The monoisotopic (exact) mass is 346 g/mol. The summed E-state index contributed by atoms with van der Waals surface area (Å²) in [6, 6.07) is 12.8. The van der Waals surface area contributed by atoms with Gasteiger partial charge in [-0.1, -0.05) is 23.7 Å². The lowest BCUT2D eigenvalue weighted by Gasteiger charge is -2.26. The highest BCUT2D eigenvalue weighted by Gasteiger charge is 2.21. The SMILES string of the molecule is COc1ccc2c(c1)CC(NC(=O)NCc1ccc(Cl)cc1)CO2. The fraction of sp³-hybridized carbons (Fsp3) is 0.278. The van der Waals surface area contributed by atoms with Gasteiger partial charge in [0.15, 0.2) is 0 Å². The molecule has 0 spiro atoms. The predicted molar refractivity (Wildman–Crippen MR) is 92.8 cm³/mol. The summed E-state index contributed by atoms with van der Waals surface area (Å²) < 4.78 is 10.9. The van der Waals surface area contributed by atoms with Crippen molar-refractivity contribution in [2.24, 2.45) is 0 Å². The van der Waals surface area contributed by atoms with Crippen molar-refractivity contribution < 1.29 is 14.3 Å². The zero-order valence-corrected chi connectivity index (χ0v) is 14.1. The van der Waals surface area contributed by atoms with Gasteiger partial charge >= 0.3 is 6.03 Å². The van der Waals surface area contributed by atoms with Crippen LogP contribution in [0.4, 0.5) is 4.79 Å². The van der Waals surface area contributed by atoms with Crippen LogP contribution in [-0.2, 0) is 13.0 Å². The van der Waals surface area contributed by atoms with Gasteiger partial charge in [-0.2, -0.15) is 0 Å². The van der Waals surface area contributed by atoms with E-state index < -0.39 is 0 Å². The first-order valence-corrected chi connectivity index (χ1v) is 8.10. The molecule has 1 aliphatic rings. The van der Waals surface area contributed by atoms with Crippen molar-refractivity contribution in [2.45, 2.75) is 19.0 Å². The van der Waals surface area contributed by atoms with E-state index in [1.165, 1.54) is 0 Å². The summed E-state index contributed by atoms with van der Waals surface area (Å²) in [4.78, 5) is 12.1. The summed E-state index contributed by atoms with van der Waals surface area (Å²) in [6.45, 7) is 0.898. The number of fused-ring (bicyclic) bond motifs is 1. The number of methoxy groups -OCH3 is 1. The molecule has 126 valence electrons. The Balaban J connectivity index is 1.52. The van der Waals surface area contributed by atoms with Gasteiger partial charge in [0, 0.05) is 11.6 Å². The molecule has 2 aromatic carbocycles. The Morgan fingerprint density at radius 2 is 2.08 bits per heavy atom. The number of ether oxygens (including phenoxy) is 2. The van der Waals surface area contributed by atoms with Crippen LogP contribution in [0.3, 0.4) is 0 Å². The van der Waals surface area contributed by atoms with Crippen molar-refractivity contribution in [1.29, 1.82) is 0 Å². The van der Waals surface area contributed by atoms with Crippen LogP contribution in [0.2, 0.25) is 5.02 Å². The molecule has 3 rings (SSSR count). The summed E-state index contributed by atoms with van der Waals surface area (Å²) in [7, 11) is 1.63. The van der Waals surface area contributed by atoms with E-state index in [2.05, 4.69) is 10.6 Å². The highest BCUT2D eigenvalue weighted by molar-refractivity contribution is 6.30. The van der Waals surface area contributed by atoms with Crippen LogP contribution in [0, 0.1) is 0 Å². The van der Waals surface area contributed by atoms with Gasteiger partial charge in [0.05, 0.1) is 13.2 Å². The van der Waals surface area contributed by atoms with Crippen molar-refractivity contribution in [3.63, 3.8) is 0 Å². The fourth-order valence-corrected chi connectivity index (χ4v) is 2.74. The molecule has 0 fully saturated rings. The minimum absolute atomic E-state index is 0.0742. The smallest absolute Gasteiger partial charge is 0.315 e. The Morgan fingerprint density at radius 1 is 1.29 bits per heavy atom. The lowest BCUT2D eigenvalue weighted by Crippen LogP contribution is -2.47. The van der Waals surface area contributed by atoms with E-state index in [9.17, 15) is 4.79 Å². The van der Waals surface area contributed by atoms with Gasteiger partial charge in [0.1, 0.15) is 18.1 Å². The first kappa shape index (κ1) is 16.5. The quantitative estimate of drug-likeness (QED) is 0.894. The van der Waals surface area contributed by atoms with Crippen LogP contribution < -0.4 is 20.1 Å². The van der Waals surface area contributed by atoms with E-state index in [4.69, 9.17) is 21.1 Å². The zero-order valence-electron chi connectivity index (χ0n) is 13.3. The average Bonchev–Trinajstić information content (AvgIpc) is 2.60. The molecule has 6 heteroatoms. The Hall–Kier alpha value is -2.40. The van der Waals surface area contributed by atoms with Crippen molar-refractivity contribution in [2.75, 3.05) is 13.7 Å². The maximum absolute atomic E-state index is 12.1. The number of hydrogen-bond donors (Lipinski definition) is 2. The molecule has 0 radical (unpaired) electrons. The second-order valence-electron chi connectivity index (χ2n) is 5.64. The molecule has 1 atom stereocenters. The molecule has 2 amide bonds. The molecular formula is C18H19ClN2O3. The standard InChI is InChI=1S/C18H19ClN2O3/c1-23-16-6-7-17-13(9-16)8-15(11-24-17)21-18(22)20-10-12-2-4-14(19)5-3-12/h2-7,9,15H,8,10-11H2,1H3,(H2,20,21,22). The van der Waals surface area contributed by atoms with Gasteiger partial charge in [-0.25, -0.2) is 4.79 Å². The van der Waals surface area contributed by atoms with Gasteiger partial charge in [-0.05, 0) is 47.9 Å². The second kappa shape index (κ2) is 7.45. The molecule has 0 saturated heterocycles. The third-order valence-electron chi connectivity index (χ3n) is 3.88. The predicted octanol–water partition coefficient (Wildman–Crippen LogP) is 3.15. The average molecular weight is 347 g/mol. The van der Waals surface area contributed by atoms with Gasteiger partial charge in [0.25, 0.3) is 0 Å². The number of rotatable bonds is 4. The molecule has 1 unspecified atom stereocenters. The summed E-state index contributed by atoms with van der Waals surface area (Å²) in [6.07, 6.45) is 0.709. The van der Waals surface area contributed by atoms with E-state index in [-0.39, 0.29) is 12.1 Å². The molecule has 0 aromatic heterocycles. The molecule has 0 bridgehead atoms. The Labute approximate surface area is 145 Å². The molecule has 1 heterocycles. The number of carbonyl (C=O) groups excluding carboxylic acids is 1. The largest absolute Gasteiger partial charge is 0.497 e. The lowest BCUT2D eigenvalue weighted by molar-refractivity contribution is 0.214. The number of benzene rings is 2. The minimum Gasteiger partial charge on any atom is -0.497 e. The summed E-state index contributed by atoms with van der Waals surface area (Å²) in [5, 5.41) is 6.45. The molecule has 1 aliphatic heterocycles. The molecule has 0 aliphatic carbocycles. The van der Waals surface area contributed by atoms with Gasteiger partial charge < -0.3 is 20.1 Å².